The Morgan fingerprint density at radius 2 is 2.46 bits per heavy atom. The second-order valence-electron chi connectivity index (χ2n) is 3.93. The van der Waals surface area contributed by atoms with Gasteiger partial charge < -0.3 is 9.47 Å². The number of hydrogen-bond acceptors (Lipinski definition) is 3. The van der Waals surface area contributed by atoms with E-state index in [1.807, 2.05) is 13.8 Å². The molecule has 13 heavy (non-hydrogen) atoms. The molecule has 3 heteroatoms. The number of esters is 1. The van der Waals surface area contributed by atoms with Gasteiger partial charge >= 0.3 is 5.97 Å². The SMILES string of the molecule is COC(=O)[C@@H]1C(C)=CC[C@H]2O[C@@]12C. The first-order chi connectivity index (χ1) is 6.09. The predicted molar refractivity (Wildman–Crippen MR) is 47.2 cm³/mol. The first-order valence-electron chi connectivity index (χ1n) is 4.52. The fourth-order valence-electron chi connectivity index (χ4n) is 2.21. The van der Waals surface area contributed by atoms with Crippen molar-refractivity contribution >= 4 is 5.97 Å². The van der Waals surface area contributed by atoms with E-state index < -0.39 is 0 Å². The lowest BCUT2D eigenvalue weighted by atomic mass is 9.80. The summed E-state index contributed by atoms with van der Waals surface area (Å²) in [5, 5.41) is 0. The molecular formula is C10H14O3. The van der Waals surface area contributed by atoms with Gasteiger partial charge in [-0.25, -0.2) is 0 Å². The van der Waals surface area contributed by atoms with Crippen molar-refractivity contribution in [3.8, 4) is 0 Å². The highest BCUT2D eigenvalue weighted by molar-refractivity contribution is 5.78. The Bertz CT molecular complexity index is 282. The summed E-state index contributed by atoms with van der Waals surface area (Å²) in [6, 6.07) is 0. The van der Waals surface area contributed by atoms with Crippen molar-refractivity contribution in [1.82, 2.24) is 0 Å². The zero-order valence-electron chi connectivity index (χ0n) is 8.16. The minimum Gasteiger partial charge on any atom is -0.468 e. The number of fused-ring (bicyclic) bond motifs is 1. The lowest BCUT2D eigenvalue weighted by Gasteiger charge is -2.22. The maximum Gasteiger partial charge on any atom is 0.315 e. The minimum absolute atomic E-state index is 0.182. The Kier molecular flexibility index (Phi) is 1.74. The summed E-state index contributed by atoms with van der Waals surface area (Å²) in [5.41, 5.74) is 0.787. The molecule has 1 aliphatic carbocycles. The van der Waals surface area contributed by atoms with Gasteiger partial charge in [0.2, 0.25) is 0 Å². The topological polar surface area (TPSA) is 38.8 Å². The van der Waals surface area contributed by atoms with Gasteiger partial charge in [-0.1, -0.05) is 11.6 Å². The van der Waals surface area contributed by atoms with Crippen LogP contribution in [0.1, 0.15) is 20.3 Å². The molecule has 0 saturated carbocycles. The molecule has 0 amide bonds. The van der Waals surface area contributed by atoms with E-state index in [-0.39, 0.29) is 23.6 Å². The fraction of sp³-hybridized carbons (Fsp3) is 0.700. The third kappa shape index (κ3) is 1.10. The van der Waals surface area contributed by atoms with Gasteiger partial charge in [-0.3, -0.25) is 4.79 Å². The molecule has 3 atom stereocenters. The number of carbonyl (C=O) groups excluding carboxylic acids is 1. The molecule has 0 spiro atoms. The molecule has 0 aromatic carbocycles. The highest BCUT2D eigenvalue weighted by Crippen LogP contribution is 2.51. The normalized spacial score (nSPS) is 41.9. The van der Waals surface area contributed by atoms with E-state index in [9.17, 15) is 4.79 Å². The van der Waals surface area contributed by atoms with Crippen LogP contribution in [0.4, 0.5) is 0 Å². The van der Waals surface area contributed by atoms with Crippen molar-refractivity contribution < 1.29 is 14.3 Å². The molecule has 1 saturated heterocycles. The first kappa shape index (κ1) is 8.75. The van der Waals surface area contributed by atoms with Crippen LogP contribution in [0.25, 0.3) is 0 Å². The van der Waals surface area contributed by atoms with Crippen molar-refractivity contribution in [2.45, 2.75) is 32.0 Å². The van der Waals surface area contributed by atoms with Crippen molar-refractivity contribution in [3.05, 3.63) is 11.6 Å². The van der Waals surface area contributed by atoms with Crippen molar-refractivity contribution in [3.63, 3.8) is 0 Å². The van der Waals surface area contributed by atoms with E-state index in [2.05, 4.69) is 6.08 Å². The molecule has 0 bridgehead atoms. The lowest BCUT2D eigenvalue weighted by Crippen LogP contribution is -2.34. The van der Waals surface area contributed by atoms with Crippen molar-refractivity contribution in [2.24, 2.45) is 5.92 Å². The molecule has 1 aliphatic heterocycles. The summed E-state index contributed by atoms with van der Waals surface area (Å²) in [7, 11) is 1.42. The largest absolute Gasteiger partial charge is 0.468 e. The Balaban J connectivity index is 2.27. The lowest BCUT2D eigenvalue weighted by molar-refractivity contribution is -0.146. The van der Waals surface area contributed by atoms with E-state index >= 15 is 0 Å². The van der Waals surface area contributed by atoms with Gasteiger partial charge in [-0.2, -0.15) is 0 Å². The van der Waals surface area contributed by atoms with Gasteiger partial charge in [0.15, 0.2) is 0 Å². The summed E-state index contributed by atoms with van der Waals surface area (Å²) in [6.45, 7) is 3.94. The van der Waals surface area contributed by atoms with E-state index in [0.29, 0.717) is 0 Å². The summed E-state index contributed by atoms with van der Waals surface area (Å²) >= 11 is 0. The predicted octanol–water partition coefficient (Wildman–Crippen LogP) is 1.28. The quantitative estimate of drug-likeness (QED) is 0.348. The highest BCUT2D eigenvalue weighted by Gasteiger charge is 2.62. The molecule has 0 aromatic heterocycles. The average molecular weight is 182 g/mol. The summed E-state index contributed by atoms with van der Waals surface area (Å²) in [5.74, 6) is -0.380. The number of carbonyl (C=O) groups is 1. The second kappa shape index (κ2) is 2.58. The maximum atomic E-state index is 11.5. The summed E-state index contributed by atoms with van der Waals surface area (Å²) < 4.78 is 10.3. The highest BCUT2D eigenvalue weighted by atomic mass is 16.6. The van der Waals surface area contributed by atoms with E-state index in [0.717, 1.165) is 12.0 Å². The van der Waals surface area contributed by atoms with Crippen LogP contribution in [0.15, 0.2) is 11.6 Å². The minimum atomic E-state index is -0.286. The van der Waals surface area contributed by atoms with Crippen LogP contribution in [-0.2, 0) is 14.3 Å². The van der Waals surface area contributed by atoms with Gasteiger partial charge in [0, 0.05) is 0 Å². The van der Waals surface area contributed by atoms with Crippen LogP contribution in [0.2, 0.25) is 0 Å². The zero-order valence-corrected chi connectivity index (χ0v) is 8.16. The van der Waals surface area contributed by atoms with E-state index in [4.69, 9.17) is 9.47 Å². The molecule has 1 heterocycles. The van der Waals surface area contributed by atoms with Crippen LogP contribution >= 0.6 is 0 Å². The molecule has 0 aromatic rings. The smallest absolute Gasteiger partial charge is 0.315 e. The third-order valence-electron chi connectivity index (χ3n) is 3.10. The number of methoxy groups -OCH3 is 1. The molecule has 72 valence electrons. The molecule has 0 unspecified atom stereocenters. The summed E-state index contributed by atoms with van der Waals surface area (Å²) in [4.78, 5) is 11.5. The van der Waals surface area contributed by atoms with E-state index in [1.54, 1.807) is 0 Å². The fourth-order valence-corrected chi connectivity index (χ4v) is 2.21. The van der Waals surface area contributed by atoms with Crippen molar-refractivity contribution in [1.29, 1.82) is 0 Å². The van der Waals surface area contributed by atoms with Crippen LogP contribution in [0, 0.1) is 5.92 Å². The van der Waals surface area contributed by atoms with Crippen molar-refractivity contribution in [2.75, 3.05) is 7.11 Å². The zero-order chi connectivity index (χ0) is 9.64. The van der Waals surface area contributed by atoms with Gasteiger partial charge in [0.1, 0.15) is 11.5 Å². The Morgan fingerprint density at radius 3 is 3.08 bits per heavy atom. The molecule has 0 radical (unpaired) electrons. The van der Waals surface area contributed by atoms with Crippen LogP contribution < -0.4 is 0 Å². The monoisotopic (exact) mass is 182 g/mol. The molecule has 0 N–H and O–H groups in total. The number of ether oxygens (including phenoxy) is 2. The van der Waals surface area contributed by atoms with Gasteiger partial charge in [0.05, 0.1) is 13.2 Å². The molecule has 3 nitrogen and oxygen atoms in total. The Labute approximate surface area is 77.7 Å². The number of hydrogen-bond donors (Lipinski definition) is 0. The average Bonchev–Trinajstić information content (AvgIpc) is 2.75. The van der Waals surface area contributed by atoms with Crippen LogP contribution in [0.5, 0.6) is 0 Å². The van der Waals surface area contributed by atoms with Gasteiger partial charge in [0.25, 0.3) is 0 Å². The molecule has 2 aliphatic rings. The number of epoxide rings is 1. The Morgan fingerprint density at radius 1 is 1.77 bits per heavy atom. The second-order valence-corrected chi connectivity index (χ2v) is 3.93. The third-order valence-corrected chi connectivity index (χ3v) is 3.10. The summed E-state index contributed by atoms with van der Waals surface area (Å²) in [6.07, 6.45) is 3.22. The molecule has 1 fully saturated rings. The van der Waals surface area contributed by atoms with E-state index in [1.165, 1.54) is 7.11 Å². The van der Waals surface area contributed by atoms with Gasteiger partial charge in [-0.15, -0.1) is 0 Å². The van der Waals surface area contributed by atoms with Crippen LogP contribution in [-0.4, -0.2) is 24.8 Å². The standard InChI is InChI=1S/C10H14O3/c1-6-4-5-7-10(2,13-7)8(6)9(11)12-3/h4,7-8H,5H2,1-3H3/t7-,8+,10-/m1/s1. The van der Waals surface area contributed by atoms with Gasteiger partial charge in [-0.05, 0) is 20.3 Å². The molecular weight excluding hydrogens is 168 g/mol. The number of rotatable bonds is 1. The van der Waals surface area contributed by atoms with Crippen LogP contribution in [0.3, 0.4) is 0 Å². The molecule has 2 rings (SSSR count). The Hall–Kier alpha value is -0.830. The first-order valence-corrected chi connectivity index (χ1v) is 4.52. The maximum absolute atomic E-state index is 11.5.